The van der Waals surface area contributed by atoms with E-state index in [1.807, 2.05) is 23.9 Å². The SMILES string of the molecule is C[C@@H](c1nc(-c2ccco2)no1)N1CCSCC1. The van der Waals surface area contributed by atoms with Crippen LogP contribution in [0.3, 0.4) is 0 Å². The van der Waals surface area contributed by atoms with Crippen LogP contribution in [-0.2, 0) is 0 Å². The molecule has 0 bridgehead atoms. The quantitative estimate of drug-likeness (QED) is 0.849. The Kier molecular flexibility index (Phi) is 3.38. The predicted octanol–water partition coefficient (Wildman–Crippen LogP) is 2.44. The van der Waals surface area contributed by atoms with Crippen LogP contribution in [-0.4, -0.2) is 39.6 Å². The molecule has 0 spiro atoms. The molecular formula is C12H15N3O2S. The molecule has 1 atom stereocenters. The molecule has 0 N–H and O–H groups in total. The van der Waals surface area contributed by atoms with Crippen molar-refractivity contribution < 1.29 is 8.94 Å². The standard InChI is InChI=1S/C12H15N3O2S/c1-9(15-4-7-18-8-5-15)12-13-11(14-17-12)10-3-2-6-16-10/h2-3,6,9H,4-5,7-8H2,1H3/t9-/m0/s1. The molecule has 0 amide bonds. The molecule has 2 aromatic heterocycles. The molecule has 96 valence electrons. The highest BCUT2D eigenvalue weighted by molar-refractivity contribution is 7.99. The number of rotatable bonds is 3. The van der Waals surface area contributed by atoms with Crippen LogP contribution in [0.1, 0.15) is 18.9 Å². The Bertz CT molecular complexity index is 491. The normalized spacial score (nSPS) is 18.9. The number of furan rings is 1. The third-order valence-electron chi connectivity index (χ3n) is 3.13. The van der Waals surface area contributed by atoms with Gasteiger partial charge in [-0.05, 0) is 19.1 Å². The van der Waals surface area contributed by atoms with Gasteiger partial charge in [0.05, 0.1) is 12.3 Å². The van der Waals surface area contributed by atoms with Gasteiger partial charge in [-0.15, -0.1) is 0 Å². The molecule has 1 aliphatic rings. The molecular weight excluding hydrogens is 250 g/mol. The summed E-state index contributed by atoms with van der Waals surface area (Å²) >= 11 is 1.99. The summed E-state index contributed by atoms with van der Waals surface area (Å²) in [6.07, 6.45) is 1.61. The van der Waals surface area contributed by atoms with Crippen LogP contribution in [0.2, 0.25) is 0 Å². The highest BCUT2D eigenvalue weighted by Crippen LogP contribution is 2.24. The molecule has 1 aliphatic heterocycles. The fourth-order valence-electron chi connectivity index (χ4n) is 2.03. The predicted molar refractivity (Wildman–Crippen MR) is 69.3 cm³/mol. The van der Waals surface area contributed by atoms with Crippen molar-refractivity contribution in [1.29, 1.82) is 0 Å². The van der Waals surface area contributed by atoms with Crippen molar-refractivity contribution in [2.75, 3.05) is 24.6 Å². The average Bonchev–Trinajstić information content (AvgIpc) is 3.09. The zero-order valence-electron chi connectivity index (χ0n) is 10.2. The minimum absolute atomic E-state index is 0.169. The maximum atomic E-state index is 5.33. The van der Waals surface area contributed by atoms with Crippen LogP contribution in [0.5, 0.6) is 0 Å². The lowest BCUT2D eigenvalue weighted by Crippen LogP contribution is -2.34. The van der Waals surface area contributed by atoms with Gasteiger partial charge in [-0.2, -0.15) is 16.7 Å². The lowest BCUT2D eigenvalue weighted by atomic mass is 10.3. The molecule has 2 aromatic rings. The second kappa shape index (κ2) is 5.16. The van der Waals surface area contributed by atoms with Crippen LogP contribution < -0.4 is 0 Å². The zero-order chi connectivity index (χ0) is 12.4. The van der Waals surface area contributed by atoms with E-state index in [0.29, 0.717) is 17.5 Å². The molecule has 0 radical (unpaired) electrons. The topological polar surface area (TPSA) is 55.3 Å². The summed E-state index contributed by atoms with van der Waals surface area (Å²) in [5.41, 5.74) is 0. The van der Waals surface area contributed by atoms with Crippen molar-refractivity contribution in [3.05, 3.63) is 24.3 Å². The van der Waals surface area contributed by atoms with E-state index in [4.69, 9.17) is 8.94 Å². The smallest absolute Gasteiger partial charge is 0.244 e. The van der Waals surface area contributed by atoms with Crippen molar-refractivity contribution >= 4 is 11.8 Å². The summed E-state index contributed by atoms with van der Waals surface area (Å²) in [5, 5.41) is 3.96. The van der Waals surface area contributed by atoms with Gasteiger partial charge < -0.3 is 8.94 Å². The molecule has 18 heavy (non-hydrogen) atoms. The van der Waals surface area contributed by atoms with E-state index < -0.39 is 0 Å². The molecule has 0 aromatic carbocycles. The summed E-state index contributed by atoms with van der Waals surface area (Å²) in [7, 11) is 0. The van der Waals surface area contributed by atoms with Crippen molar-refractivity contribution in [2.45, 2.75) is 13.0 Å². The van der Waals surface area contributed by atoms with E-state index >= 15 is 0 Å². The van der Waals surface area contributed by atoms with Crippen molar-refractivity contribution in [3.63, 3.8) is 0 Å². The first-order chi connectivity index (χ1) is 8.84. The number of nitrogens with zero attached hydrogens (tertiary/aromatic N) is 3. The number of hydrogen-bond donors (Lipinski definition) is 0. The monoisotopic (exact) mass is 265 g/mol. The van der Waals surface area contributed by atoms with E-state index in [-0.39, 0.29) is 6.04 Å². The van der Waals surface area contributed by atoms with Gasteiger partial charge in [-0.1, -0.05) is 5.16 Å². The van der Waals surface area contributed by atoms with E-state index in [1.165, 1.54) is 11.5 Å². The van der Waals surface area contributed by atoms with E-state index in [2.05, 4.69) is 22.0 Å². The molecule has 3 rings (SSSR count). The lowest BCUT2D eigenvalue weighted by Gasteiger charge is -2.29. The van der Waals surface area contributed by atoms with Gasteiger partial charge in [0.25, 0.3) is 0 Å². The molecule has 0 unspecified atom stereocenters. The summed E-state index contributed by atoms with van der Waals surface area (Å²) in [6, 6.07) is 3.81. The molecule has 3 heterocycles. The Morgan fingerprint density at radius 2 is 2.22 bits per heavy atom. The first-order valence-corrected chi connectivity index (χ1v) is 7.19. The summed E-state index contributed by atoms with van der Waals surface area (Å²) < 4.78 is 10.6. The van der Waals surface area contributed by atoms with E-state index in [9.17, 15) is 0 Å². The molecule has 1 fully saturated rings. The summed E-state index contributed by atoms with van der Waals surface area (Å²) in [4.78, 5) is 6.78. The third-order valence-corrected chi connectivity index (χ3v) is 4.08. The van der Waals surface area contributed by atoms with E-state index in [1.54, 1.807) is 6.26 Å². The number of hydrogen-bond acceptors (Lipinski definition) is 6. The summed E-state index contributed by atoms with van der Waals surface area (Å²) in [5.74, 6) is 4.17. The van der Waals surface area contributed by atoms with Crippen molar-refractivity contribution in [3.8, 4) is 11.6 Å². The first-order valence-electron chi connectivity index (χ1n) is 6.04. The second-order valence-electron chi connectivity index (χ2n) is 4.26. The first kappa shape index (κ1) is 11.8. The van der Waals surface area contributed by atoms with E-state index in [0.717, 1.165) is 13.1 Å². The lowest BCUT2D eigenvalue weighted by molar-refractivity contribution is 0.189. The van der Waals surface area contributed by atoms with Gasteiger partial charge in [-0.25, -0.2) is 0 Å². The fraction of sp³-hybridized carbons (Fsp3) is 0.500. The van der Waals surface area contributed by atoms with Gasteiger partial charge in [0.1, 0.15) is 0 Å². The summed E-state index contributed by atoms with van der Waals surface area (Å²) in [6.45, 7) is 4.25. The van der Waals surface area contributed by atoms with Crippen LogP contribution in [0.4, 0.5) is 0 Å². The third kappa shape index (κ3) is 2.30. The highest BCUT2D eigenvalue weighted by Gasteiger charge is 2.23. The van der Waals surface area contributed by atoms with Gasteiger partial charge in [-0.3, -0.25) is 4.90 Å². The molecule has 1 saturated heterocycles. The maximum Gasteiger partial charge on any atom is 0.244 e. The molecule has 0 saturated carbocycles. The van der Waals surface area contributed by atoms with Crippen LogP contribution >= 0.6 is 11.8 Å². The van der Waals surface area contributed by atoms with Gasteiger partial charge in [0.2, 0.25) is 11.7 Å². The Morgan fingerprint density at radius 3 is 2.94 bits per heavy atom. The van der Waals surface area contributed by atoms with Gasteiger partial charge in [0, 0.05) is 24.6 Å². The Morgan fingerprint density at radius 1 is 1.39 bits per heavy atom. The van der Waals surface area contributed by atoms with Crippen LogP contribution in [0.15, 0.2) is 27.3 Å². The van der Waals surface area contributed by atoms with Gasteiger partial charge in [0.15, 0.2) is 5.76 Å². The van der Waals surface area contributed by atoms with Crippen molar-refractivity contribution in [1.82, 2.24) is 15.0 Å². The van der Waals surface area contributed by atoms with Crippen LogP contribution in [0.25, 0.3) is 11.6 Å². The Labute approximate surface area is 110 Å². The second-order valence-corrected chi connectivity index (χ2v) is 5.48. The van der Waals surface area contributed by atoms with Crippen LogP contribution in [0, 0.1) is 0 Å². The minimum atomic E-state index is 0.169. The largest absolute Gasteiger partial charge is 0.461 e. The number of thioether (sulfide) groups is 1. The average molecular weight is 265 g/mol. The Balaban J connectivity index is 1.76. The molecule has 6 heteroatoms. The fourth-order valence-corrected chi connectivity index (χ4v) is 2.96. The van der Waals surface area contributed by atoms with Gasteiger partial charge >= 0.3 is 0 Å². The zero-order valence-corrected chi connectivity index (χ0v) is 11.0. The highest BCUT2D eigenvalue weighted by atomic mass is 32.2. The van der Waals surface area contributed by atoms with Crippen molar-refractivity contribution in [2.24, 2.45) is 0 Å². The minimum Gasteiger partial charge on any atom is -0.461 e. The molecule has 5 nitrogen and oxygen atoms in total. The maximum absolute atomic E-state index is 5.33. The Hall–Kier alpha value is -1.27. The molecule has 0 aliphatic carbocycles. The number of aromatic nitrogens is 2.